The number of halogens is 4. The number of pyridine rings is 1. The average molecular weight is 613 g/mol. The van der Waals surface area contributed by atoms with Gasteiger partial charge in [-0.2, -0.15) is 13.2 Å². The van der Waals surface area contributed by atoms with Gasteiger partial charge in [-0.25, -0.2) is 9.18 Å². The quantitative estimate of drug-likeness (QED) is 0.296. The van der Waals surface area contributed by atoms with E-state index in [9.17, 15) is 31.9 Å². The van der Waals surface area contributed by atoms with Crippen LogP contribution < -0.4 is 27.4 Å². The number of aromatic amines is 1. The van der Waals surface area contributed by atoms with Crippen LogP contribution in [0.4, 0.5) is 23.2 Å². The molecule has 0 spiro atoms. The zero-order valence-corrected chi connectivity index (χ0v) is 24.0. The van der Waals surface area contributed by atoms with Gasteiger partial charge in [-0.1, -0.05) is 42.5 Å². The van der Waals surface area contributed by atoms with Crippen LogP contribution in [-0.2, 0) is 25.8 Å². The predicted octanol–water partition coefficient (Wildman–Crippen LogP) is 3.24. The molecule has 44 heavy (non-hydrogen) atoms. The number of anilines is 1. The normalized spacial score (nSPS) is 15.0. The van der Waals surface area contributed by atoms with Gasteiger partial charge in [-0.05, 0) is 30.2 Å². The Morgan fingerprint density at radius 3 is 2.23 bits per heavy atom. The minimum Gasteiger partial charge on any atom is -0.363 e. The lowest BCUT2D eigenvalue weighted by molar-refractivity contribution is -0.138. The maximum Gasteiger partial charge on any atom is 0.416 e. The molecule has 5 rings (SSSR count). The van der Waals surface area contributed by atoms with Crippen LogP contribution in [0.25, 0.3) is 0 Å². The van der Waals surface area contributed by atoms with E-state index in [0.29, 0.717) is 38.3 Å². The summed E-state index contributed by atoms with van der Waals surface area (Å²) in [6.45, 7) is 2.92. The number of alkyl halides is 3. The van der Waals surface area contributed by atoms with Gasteiger partial charge in [0.1, 0.15) is 11.5 Å². The second-order valence-corrected chi connectivity index (χ2v) is 10.8. The zero-order chi connectivity index (χ0) is 31.6. The summed E-state index contributed by atoms with van der Waals surface area (Å²) in [5.74, 6) is -1.11. The van der Waals surface area contributed by atoms with Gasteiger partial charge < -0.3 is 15.6 Å². The lowest BCUT2D eigenvalue weighted by Crippen LogP contribution is -2.51. The Hall–Kier alpha value is -4.49. The molecule has 1 fully saturated rings. The van der Waals surface area contributed by atoms with Crippen molar-refractivity contribution >= 4 is 5.69 Å². The van der Waals surface area contributed by atoms with Crippen LogP contribution in [0.3, 0.4) is 0 Å². The number of benzene rings is 2. The summed E-state index contributed by atoms with van der Waals surface area (Å²) in [5, 5.41) is 0. The Morgan fingerprint density at radius 1 is 0.886 bits per heavy atom. The second-order valence-electron chi connectivity index (χ2n) is 10.8. The van der Waals surface area contributed by atoms with Gasteiger partial charge >= 0.3 is 11.9 Å². The fourth-order valence-electron chi connectivity index (χ4n) is 5.57. The fraction of sp³-hybridized carbons (Fsp3) is 0.323. The average Bonchev–Trinajstić information content (AvgIpc) is 3.00. The number of nitrogens with two attached hydrogens (primary N) is 1. The minimum atomic E-state index is -4.86. The number of nitrogens with zero attached hydrogens (tertiary/aromatic N) is 4. The third-order valence-corrected chi connectivity index (χ3v) is 7.95. The predicted molar refractivity (Wildman–Crippen MR) is 158 cm³/mol. The molecule has 3 heterocycles. The molecule has 0 saturated carbocycles. The lowest BCUT2D eigenvalue weighted by Gasteiger charge is -2.37. The summed E-state index contributed by atoms with van der Waals surface area (Å²) in [7, 11) is 0. The van der Waals surface area contributed by atoms with Crippen molar-refractivity contribution in [3.05, 3.63) is 132 Å². The highest BCUT2D eigenvalue weighted by atomic mass is 19.4. The molecule has 1 atom stereocenters. The first-order valence-electron chi connectivity index (χ1n) is 14.1. The SMILES string of the molecule is Cc1c(N2CCN(Cc3ccc(=O)[nH]c3)CC2)c(=O)n(CC(N)c2ccccc2)c(=O)n1Cc1c(F)cccc1C(F)(F)F. The molecule has 1 aliphatic rings. The lowest BCUT2D eigenvalue weighted by atomic mass is 10.1. The van der Waals surface area contributed by atoms with Crippen molar-refractivity contribution in [3.8, 4) is 0 Å². The Morgan fingerprint density at radius 2 is 1.59 bits per heavy atom. The van der Waals surface area contributed by atoms with E-state index < -0.39 is 47.0 Å². The summed E-state index contributed by atoms with van der Waals surface area (Å²) in [4.78, 5) is 45.7. The minimum absolute atomic E-state index is 0.134. The summed E-state index contributed by atoms with van der Waals surface area (Å²) < 4.78 is 58.4. The molecule has 3 N–H and O–H groups in total. The van der Waals surface area contributed by atoms with Gasteiger partial charge in [0.05, 0.1) is 18.7 Å². The molecule has 1 unspecified atom stereocenters. The molecule has 0 aliphatic carbocycles. The number of aromatic nitrogens is 3. The van der Waals surface area contributed by atoms with Crippen molar-refractivity contribution in [1.82, 2.24) is 19.0 Å². The standard InChI is InChI=1S/C31H32F4N6O3/c1-20-28(39-14-12-38(13-15-39)17-21-10-11-27(42)37-16-21)29(43)41(19-26(36)22-6-3-2-4-7-22)30(44)40(20)18-23-24(31(33,34)35)8-5-9-25(23)32/h2-11,16,26H,12-15,17-19,36H2,1H3,(H,37,42). The molecule has 0 amide bonds. The zero-order valence-electron chi connectivity index (χ0n) is 24.0. The molecule has 0 bridgehead atoms. The molecule has 13 heteroatoms. The molecule has 232 valence electrons. The molecule has 1 saturated heterocycles. The van der Waals surface area contributed by atoms with Crippen LogP contribution >= 0.6 is 0 Å². The molecule has 2 aromatic heterocycles. The molecule has 2 aromatic carbocycles. The molecule has 1 aliphatic heterocycles. The van der Waals surface area contributed by atoms with Crippen molar-refractivity contribution < 1.29 is 17.6 Å². The van der Waals surface area contributed by atoms with Gasteiger partial charge in [0.2, 0.25) is 5.56 Å². The van der Waals surface area contributed by atoms with Crippen LogP contribution in [-0.4, -0.2) is 45.2 Å². The van der Waals surface area contributed by atoms with Crippen LogP contribution in [0.15, 0.2) is 81.2 Å². The van der Waals surface area contributed by atoms with E-state index in [2.05, 4.69) is 9.88 Å². The number of hydrogen-bond acceptors (Lipinski definition) is 6. The van der Waals surface area contributed by atoms with Crippen molar-refractivity contribution in [1.29, 1.82) is 0 Å². The maximum absolute atomic E-state index is 14.9. The van der Waals surface area contributed by atoms with Crippen molar-refractivity contribution in [3.63, 3.8) is 0 Å². The highest BCUT2D eigenvalue weighted by molar-refractivity contribution is 5.50. The molecular formula is C31H32F4N6O3. The number of nitrogens with one attached hydrogen (secondary N) is 1. The van der Waals surface area contributed by atoms with Crippen LogP contribution in [0.1, 0.15) is 34.0 Å². The Bertz CT molecular complexity index is 1790. The topological polar surface area (TPSA) is 109 Å². The molecule has 9 nitrogen and oxygen atoms in total. The highest BCUT2D eigenvalue weighted by Gasteiger charge is 2.35. The van der Waals surface area contributed by atoms with E-state index >= 15 is 0 Å². The largest absolute Gasteiger partial charge is 0.416 e. The molecular weight excluding hydrogens is 580 g/mol. The van der Waals surface area contributed by atoms with E-state index in [0.717, 1.165) is 32.9 Å². The molecule has 4 aromatic rings. The summed E-state index contributed by atoms with van der Waals surface area (Å²) >= 11 is 0. The van der Waals surface area contributed by atoms with Crippen LogP contribution in [0, 0.1) is 12.7 Å². The maximum atomic E-state index is 14.9. The van der Waals surface area contributed by atoms with Gasteiger partial charge in [0.15, 0.2) is 0 Å². The van der Waals surface area contributed by atoms with Crippen LogP contribution in [0.2, 0.25) is 0 Å². The van der Waals surface area contributed by atoms with E-state index in [4.69, 9.17) is 5.73 Å². The van der Waals surface area contributed by atoms with Crippen molar-refractivity contribution in [2.75, 3.05) is 31.1 Å². The Balaban J connectivity index is 1.54. The third kappa shape index (κ3) is 6.53. The van der Waals surface area contributed by atoms with Gasteiger partial charge in [0.25, 0.3) is 5.56 Å². The third-order valence-electron chi connectivity index (χ3n) is 7.95. The number of rotatable bonds is 8. The monoisotopic (exact) mass is 612 g/mol. The van der Waals surface area contributed by atoms with E-state index in [1.165, 1.54) is 13.0 Å². The second kappa shape index (κ2) is 12.6. The summed E-state index contributed by atoms with van der Waals surface area (Å²) in [6, 6.07) is 13.9. The smallest absolute Gasteiger partial charge is 0.363 e. The number of hydrogen-bond donors (Lipinski definition) is 2. The first-order chi connectivity index (χ1) is 20.9. The Kier molecular flexibility index (Phi) is 8.88. The van der Waals surface area contributed by atoms with E-state index in [1.807, 2.05) is 0 Å². The number of H-pyrrole nitrogens is 1. The Labute approximate surface area is 249 Å². The van der Waals surface area contributed by atoms with Crippen molar-refractivity contribution in [2.24, 2.45) is 5.73 Å². The first kappa shape index (κ1) is 31.0. The number of piperazine rings is 1. The van der Waals surface area contributed by atoms with Gasteiger partial charge in [-0.15, -0.1) is 0 Å². The van der Waals surface area contributed by atoms with Crippen LogP contribution in [0.5, 0.6) is 0 Å². The van der Waals surface area contributed by atoms with E-state index in [1.54, 1.807) is 47.5 Å². The summed E-state index contributed by atoms with van der Waals surface area (Å²) in [6.07, 6.45) is -3.22. The molecule has 0 radical (unpaired) electrons. The van der Waals surface area contributed by atoms with E-state index in [-0.39, 0.29) is 23.5 Å². The first-order valence-corrected chi connectivity index (χ1v) is 14.1. The fourth-order valence-corrected chi connectivity index (χ4v) is 5.57. The summed E-state index contributed by atoms with van der Waals surface area (Å²) in [5.41, 5.74) is 4.65. The van der Waals surface area contributed by atoms with Gasteiger partial charge in [-0.3, -0.25) is 23.6 Å². The van der Waals surface area contributed by atoms with Crippen molar-refractivity contribution in [2.45, 2.75) is 38.8 Å². The highest BCUT2D eigenvalue weighted by Crippen LogP contribution is 2.33. The van der Waals surface area contributed by atoms with Gasteiger partial charge in [0, 0.05) is 62.3 Å².